The van der Waals surface area contributed by atoms with Gasteiger partial charge in [-0.1, -0.05) is 0 Å². The first-order valence-corrected chi connectivity index (χ1v) is 4.50. The predicted octanol–water partition coefficient (Wildman–Crippen LogP) is 0.981. The zero-order valence-electron chi connectivity index (χ0n) is 7.53. The molecule has 0 saturated carbocycles. The summed E-state index contributed by atoms with van der Waals surface area (Å²) in [5, 5.41) is 8.95. The molecule has 2 aromatic heterocycles. The van der Waals surface area contributed by atoms with Crippen molar-refractivity contribution in [2.75, 3.05) is 0 Å². The van der Waals surface area contributed by atoms with Crippen molar-refractivity contribution in [1.29, 1.82) is 0 Å². The van der Waals surface area contributed by atoms with Gasteiger partial charge in [0.25, 0.3) is 5.91 Å². The zero-order valence-corrected chi connectivity index (χ0v) is 8.28. The van der Waals surface area contributed by atoms with Crippen LogP contribution in [-0.4, -0.2) is 21.1 Å². The Hall–Kier alpha value is -1.82. The second-order valence-electron chi connectivity index (χ2n) is 2.72. The molecular formula is C8H7ClN4O2. The van der Waals surface area contributed by atoms with Crippen LogP contribution in [0.2, 0.25) is 5.22 Å². The summed E-state index contributed by atoms with van der Waals surface area (Å²) in [5.41, 5.74) is 0.302. The molecule has 0 spiro atoms. The van der Waals surface area contributed by atoms with Crippen LogP contribution in [0.4, 0.5) is 0 Å². The smallest absolute Gasteiger partial charge is 0.256 e. The number of rotatable bonds is 3. The number of hydrogen-bond acceptors (Lipinski definition) is 4. The molecule has 1 amide bonds. The molecule has 0 aliphatic heterocycles. The highest BCUT2D eigenvalue weighted by Gasteiger charge is 2.12. The molecule has 0 bridgehead atoms. The van der Waals surface area contributed by atoms with Crippen LogP contribution < -0.4 is 5.32 Å². The fourth-order valence-electron chi connectivity index (χ4n) is 1.03. The SMILES string of the molecule is O=C(NCc1ncn[nH]1)c1ccoc1Cl. The number of carbonyl (C=O) groups is 1. The van der Waals surface area contributed by atoms with E-state index in [4.69, 9.17) is 16.0 Å². The van der Waals surface area contributed by atoms with Gasteiger partial charge in [-0.25, -0.2) is 4.98 Å². The third-order valence-corrected chi connectivity index (χ3v) is 2.04. The maximum absolute atomic E-state index is 11.5. The minimum Gasteiger partial charge on any atom is -0.452 e. The Morgan fingerprint density at radius 1 is 1.67 bits per heavy atom. The van der Waals surface area contributed by atoms with Crippen LogP contribution in [-0.2, 0) is 6.54 Å². The van der Waals surface area contributed by atoms with Gasteiger partial charge < -0.3 is 9.73 Å². The van der Waals surface area contributed by atoms with E-state index < -0.39 is 0 Å². The van der Waals surface area contributed by atoms with E-state index in [2.05, 4.69) is 20.5 Å². The molecule has 0 fully saturated rings. The van der Waals surface area contributed by atoms with Gasteiger partial charge in [-0.05, 0) is 17.7 Å². The number of amides is 1. The normalized spacial score (nSPS) is 10.2. The van der Waals surface area contributed by atoms with Gasteiger partial charge in [0.15, 0.2) is 0 Å². The summed E-state index contributed by atoms with van der Waals surface area (Å²) in [6.07, 6.45) is 2.72. The molecule has 2 N–H and O–H groups in total. The number of carbonyl (C=O) groups excluding carboxylic acids is 1. The van der Waals surface area contributed by atoms with Gasteiger partial charge in [-0.3, -0.25) is 9.89 Å². The van der Waals surface area contributed by atoms with Crippen molar-refractivity contribution < 1.29 is 9.21 Å². The Morgan fingerprint density at radius 2 is 2.53 bits per heavy atom. The number of furan rings is 1. The summed E-state index contributed by atoms with van der Waals surface area (Å²) >= 11 is 5.63. The summed E-state index contributed by atoms with van der Waals surface area (Å²) in [7, 11) is 0. The lowest BCUT2D eigenvalue weighted by atomic mass is 10.3. The molecule has 0 saturated heterocycles. The van der Waals surface area contributed by atoms with Crippen LogP contribution in [0, 0.1) is 0 Å². The molecule has 7 heteroatoms. The minimum absolute atomic E-state index is 0.0741. The average molecular weight is 227 g/mol. The topological polar surface area (TPSA) is 83.8 Å². The molecule has 2 aromatic rings. The lowest BCUT2D eigenvalue weighted by Gasteiger charge is -2.00. The number of aromatic amines is 1. The Labute approximate surface area is 89.6 Å². The van der Waals surface area contributed by atoms with E-state index in [0.717, 1.165) is 0 Å². The minimum atomic E-state index is -0.315. The van der Waals surface area contributed by atoms with Gasteiger partial charge >= 0.3 is 0 Å². The third-order valence-electron chi connectivity index (χ3n) is 1.74. The lowest BCUT2D eigenvalue weighted by Crippen LogP contribution is -2.23. The van der Waals surface area contributed by atoms with Gasteiger partial charge in [0.1, 0.15) is 12.2 Å². The van der Waals surface area contributed by atoms with Crippen LogP contribution in [0.25, 0.3) is 0 Å². The molecule has 2 rings (SSSR count). The number of hydrogen-bond donors (Lipinski definition) is 2. The summed E-state index contributed by atoms with van der Waals surface area (Å²) in [6.45, 7) is 0.264. The quantitative estimate of drug-likeness (QED) is 0.817. The molecule has 0 aliphatic carbocycles. The van der Waals surface area contributed by atoms with E-state index in [-0.39, 0.29) is 17.7 Å². The van der Waals surface area contributed by atoms with Crippen molar-refractivity contribution in [3.05, 3.63) is 35.3 Å². The Balaban J connectivity index is 1.96. The molecule has 78 valence electrons. The largest absolute Gasteiger partial charge is 0.452 e. The van der Waals surface area contributed by atoms with Crippen molar-refractivity contribution in [1.82, 2.24) is 20.5 Å². The van der Waals surface area contributed by atoms with Crippen LogP contribution in [0.5, 0.6) is 0 Å². The first-order valence-electron chi connectivity index (χ1n) is 4.13. The molecule has 0 radical (unpaired) electrons. The van der Waals surface area contributed by atoms with Crippen LogP contribution in [0.1, 0.15) is 16.2 Å². The Morgan fingerprint density at radius 3 is 3.13 bits per heavy atom. The second kappa shape index (κ2) is 4.14. The van der Waals surface area contributed by atoms with Crippen molar-refractivity contribution in [2.45, 2.75) is 6.54 Å². The zero-order chi connectivity index (χ0) is 10.7. The van der Waals surface area contributed by atoms with Crippen molar-refractivity contribution >= 4 is 17.5 Å². The van der Waals surface area contributed by atoms with E-state index >= 15 is 0 Å². The highest BCUT2D eigenvalue weighted by molar-refractivity contribution is 6.32. The van der Waals surface area contributed by atoms with E-state index in [1.165, 1.54) is 18.7 Å². The molecule has 0 aromatic carbocycles. The van der Waals surface area contributed by atoms with Crippen LogP contribution in [0.3, 0.4) is 0 Å². The predicted molar refractivity (Wildman–Crippen MR) is 51.3 cm³/mol. The van der Waals surface area contributed by atoms with E-state index in [1.807, 2.05) is 0 Å². The van der Waals surface area contributed by atoms with Crippen LogP contribution in [0.15, 0.2) is 23.1 Å². The van der Waals surface area contributed by atoms with Gasteiger partial charge in [0.05, 0.1) is 18.4 Å². The first-order chi connectivity index (χ1) is 7.27. The maximum atomic E-state index is 11.5. The number of nitrogens with one attached hydrogen (secondary N) is 2. The van der Waals surface area contributed by atoms with Crippen molar-refractivity contribution in [2.24, 2.45) is 0 Å². The Kier molecular flexibility index (Phi) is 2.68. The number of aromatic nitrogens is 3. The van der Waals surface area contributed by atoms with E-state index in [9.17, 15) is 4.79 Å². The maximum Gasteiger partial charge on any atom is 0.256 e. The summed E-state index contributed by atoms with van der Waals surface area (Å²) in [6, 6.07) is 1.50. The lowest BCUT2D eigenvalue weighted by molar-refractivity contribution is 0.0949. The molecule has 0 unspecified atom stereocenters. The van der Waals surface area contributed by atoms with E-state index in [0.29, 0.717) is 11.4 Å². The van der Waals surface area contributed by atoms with Gasteiger partial charge in [-0.15, -0.1) is 0 Å². The molecule has 0 aliphatic rings. The van der Waals surface area contributed by atoms with Gasteiger partial charge in [-0.2, -0.15) is 5.10 Å². The summed E-state index contributed by atoms with van der Waals surface area (Å²) in [5.74, 6) is 0.258. The summed E-state index contributed by atoms with van der Waals surface area (Å²) in [4.78, 5) is 15.4. The third kappa shape index (κ3) is 2.16. The molecule has 6 nitrogen and oxygen atoms in total. The highest BCUT2D eigenvalue weighted by atomic mass is 35.5. The molecule has 0 atom stereocenters. The standard InChI is InChI=1S/C8H7ClN4O2/c9-7-5(1-2-15-7)8(14)10-3-6-11-4-12-13-6/h1-2,4H,3H2,(H,10,14)(H,11,12,13). The average Bonchev–Trinajstić information content (AvgIpc) is 2.84. The first kappa shape index (κ1) is 9.72. The summed E-state index contributed by atoms with van der Waals surface area (Å²) < 4.78 is 4.79. The van der Waals surface area contributed by atoms with Gasteiger partial charge in [0, 0.05) is 0 Å². The van der Waals surface area contributed by atoms with Crippen molar-refractivity contribution in [3.8, 4) is 0 Å². The fourth-order valence-corrected chi connectivity index (χ4v) is 1.23. The Bertz CT molecular complexity index is 451. The number of halogens is 1. The fraction of sp³-hybridized carbons (Fsp3) is 0.125. The molecule has 15 heavy (non-hydrogen) atoms. The molecule has 2 heterocycles. The number of H-pyrrole nitrogens is 1. The van der Waals surface area contributed by atoms with Crippen molar-refractivity contribution in [3.63, 3.8) is 0 Å². The molecular weight excluding hydrogens is 220 g/mol. The monoisotopic (exact) mass is 226 g/mol. The highest BCUT2D eigenvalue weighted by Crippen LogP contribution is 2.16. The number of nitrogens with zero attached hydrogens (tertiary/aromatic N) is 2. The van der Waals surface area contributed by atoms with E-state index in [1.54, 1.807) is 0 Å². The van der Waals surface area contributed by atoms with Gasteiger partial charge in [0.2, 0.25) is 5.22 Å². The van der Waals surface area contributed by atoms with Crippen LogP contribution >= 0.6 is 11.6 Å². The second-order valence-corrected chi connectivity index (χ2v) is 3.07.